The van der Waals surface area contributed by atoms with Crippen molar-refractivity contribution in [3.63, 3.8) is 0 Å². The lowest BCUT2D eigenvalue weighted by atomic mass is 10.3. The van der Waals surface area contributed by atoms with Gasteiger partial charge in [-0.05, 0) is 30.3 Å². The third kappa shape index (κ3) is 6.38. The minimum atomic E-state index is 0.559. The first kappa shape index (κ1) is 18.2. The molecule has 3 nitrogen and oxygen atoms in total. The number of nitrogens with zero attached hydrogens (tertiary/aromatic N) is 3. The maximum absolute atomic E-state index is 4.15. The van der Waals surface area contributed by atoms with Crippen LogP contribution in [0.4, 0.5) is 11.4 Å². The molecule has 0 fully saturated rings. The van der Waals surface area contributed by atoms with Crippen LogP contribution in [0.1, 0.15) is 13.8 Å². The zero-order chi connectivity index (χ0) is 15.5. The van der Waals surface area contributed by atoms with Crippen LogP contribution in [-0.4, -0.2) is 14.1 Å². The molecule has 4 heteroatoms. The molecule has 0 heterocycles. The molecule has 0 aromatic heterocycles. The summed E-state index contributed by atoms with van der Waals surface area (Å²) in [6.45, 7) is 11.3. The zero-order valence-electron chi connectivity index (χ0n) is 12.7. The molecule has 0 radical (unpaired) electrons. The van der Waals surface area contributed by atoms with Crippen molar-refractivity contribution >= 4 is 24.0 Å². The van der Waals surface area contributed by atoms with Gasteiger partial charge in [-0.15, -0.1) is 17.7 Å². The average Bonchev–Trinajstić information content (AvgIpc) is 2.45. The lowest BCUT2D eigenvalue weighted by Crippen LogP contribution is -2.07. The van der Waals surface area contributed by atoms with Crippen molar-refractivity contribution in [2.75, 3.05) is 19.0 Å². The fraction of sp³-hybridized carbons (Fsp3) is 0.250. The normalized spacial score (nSPS) is 10.8. The summed E-state index contributed by atoms with van der Waals surface area (Å²) < 4.78 is 0. The number of hydrogen-bond acceptors (Lipinski definition) is 4. The lowest BCUT2D eigenvalue weighted by Gasteiger charge is -2.11. The van der Waals surface area contributed by atoms with Crippen molar-refractivity contribution < 1.29 is 0 Å². The van der Waals surface area contributed by atoms with Gasteiger partial charge in [-0.1, -0.05) is 33.1 Å². The van der Waals surface area contributed by atoms with E-state index < -0.39 is 0 Å². The molecule has 0 bridgehead atoms. The van der Waals surface area contributed by atoms with Crippen LogP contribution in [0.3, 0.4) is 0 Å². The molecular formula is C16H23N3S. The van der Waals surface area contributed by atoms with Crippen molar-refractivity contribution in [1.29, 1.82) is 0 Å². The maximum atomic E-state index is 4.15. The Labute approximate surface area is 127 Å². The van der Waals surface area contributed by atoms with Crippen LogP contribution < -0.4 is 4.90 Å². The molecule has 0 aliphatic rings. The van der Waals surface area contributed by atoms with Crippen molar-refractivity contribution in [3.8, 4) is 0 Å². The molecule has 0 aliphatic heterocycles. The highest BCUT2D eigenvalue weighted by Crippen LogP contribution is 2.21. The quantitative estimate of drug-likeness (QED) is 0.440. The van der Waals surface area contributed by atoms with Gasteiger partial charge >= 0.3 is 0 Å². The zero-order valence-corrected chi connectivity index (χ0v) is 13.6. The monoisotopic (exact) mass is 289 g/mol. The fourth-order valence-corrected chi connectivity index (χ4v) is 1.35. The van der Waals surface area contributed by atoms with Crippen LogP contribution >= 0.6 is 12.6 Å². The second-order valence-corrected chi connectivity index (χ2v) is 4.38. The van der Waals surface area contributed by atoms with Gasteiger partial charge in [0.25, 0.3) is 0 Å². The van der Waals surface area contributed by atoms with Gasteiger partial charge < -0.3 is 4.90 Å². The molecule has 0 amide bonds. The smallest absolute Gasteiger partial charge is 0.0983 e. The highest BCUT2D eigenvalue weighted by Gasteiger charge is 1.97. The van der Waals surface area contributed by atoms with Crippen LogP contribution in [0.2, 0.25) is 0 Å². The van der Waals surface area contributed by atoms with Gasteiger partial charge in [0.1, 0.15) is 0 Å². The largest absolute Gasteiger partial charge is 0.378 e. The Hall–Kier alpha value is -1.81. The number of allylic oxidation sites excluding steroid dienone is 2. The third-order valence-electron chi connectivity index (χ3n) is 2.21. The van der Waals surface area contributed by atoms with Crippen LogP contribution in [0, 0.1) is 0 Å². The van der Waals surface area contributed by atoms with Gasteiger partial charge in [-0.2, -0.15) is 5.11 Å². The number of hydrogen-bond donors (Lipinski definition) is 1. The molecule has 0 saturated heterocycles. The van der Waals surface area contributed by atoms with Crippen LogP contribution in [0.25, 0.3) is 0 Å². The van der Waals surface area contributed by atoms with E-state index in [9.17, 15) is 0 Å². The van der Waals surface area contributed by atoms with E-state index in [1.807, 2.05) is 57.1 Å². The van der Waals surface area contributed by atoms with Gasteiger partial charge in [0.2, 0.25) is 0 Å². The van der Waals surface area contributed by atoms with E-state index in [2.05, 4.69) is 36.0 Å². The average molecular weight is 289 g/mol. The molecule has 1 rings (SSSR count). The summed E-state index contributed by atoms with van der Waals surface area (Å²) in [7, 11) is 3.98. The van der Waals surface area contributed by atoms with E-state index in [-0.39, 0.29) is 0 Å². The molecule has 1 aromatic carbocycles. The number of rotatable bonds is 5. The Kier molecular flexibility index (Phi) is 9.13. The minimum Gasteiger partial charge on any atom is -0.378 e. The highest BCUT2D eigenvalue weighted by atomic mass is 32.1. The van der Waals surface area contributed by atoms with E-state index in [0.29, 0.717) is 10.6 Å². The summed E-state index contributed by atoms with van der Waals surface area (Å²) in [5.74, 6) is 0. The molecule has 0 spiro atoms. The second kappa shape index (κ2) is 10.0. The predicted octanol–water partition coefficient (Wildman–Crippen LogP) is 5.38. The Morgan fingerprint density at radius 1 is 1.20 bits per heavy atom. The van der Waals surface area contributed by atoms with E-state index in [1.165, 1.54) is 0 Å². The van der Waals surface area contributed by atoms with Gasteiger partial charge in [-0.3, -0.25) is 0 Å². The van der Waals surface area contributed by atoms with Crippen molar-refractivity contribution in [3.05, 3.63) is 60.2 Å². The van der Waals surface area contributed by atoms with E-state index in [4.69, 9.17) is 0 Å². The summed E-state index contributed by atoms with van der Waals surface area (Å²) in [4.78, 5) is 2.59. The summed E-state index contributed by atoms with van der Waals surface area (Å²) >= 11 is 4.15. The van der Waals surface area contributed by atoms with Crippen molar-refractivity contribution in [1.82, 2.24) is 0 Å². The van der Waals surface area contributed by atoms with E-state index in [1.54, 1.807) is 12.2 Å². The molecule has 0 unspecified atom stereocenters. The van der Waals surface area contributed by atoms with Crippen LogP contribution in [0.15, 0.2) is 70.4 Å². The first-order chi connectivity index (χ1) is 9.54. The number of benzene rings is 1. The van der Waals surface area contributed by atoms with Crippen LogP contribution in [0.5, 0.6) is 0 Å². The van der Waals surface area contributed by atoms with Gasteiger partial charge in [0.15, 0.2) is 0 Å². The molecular weight excluding hydrogens is 266 g/mol. The molecule has 108 valence electrons. The summed E-state index contributed by atoms with van der Waals surface area (Å²) in [5, 5.41) is 8.21. The Balaban J connectivity index is 0.00000172. The first-order valence-electron chi connectivity index (χ1n) is 6.44. The molecule has 20 heavy (non-hydrogen) atoms. The van der Waals surface area contributed by atoms with Gasteiger partial charge in [0.05, 0.1) is 11.4 Å². The SMILES string of the molecule is C=C/C=C(/N=Nc1ccc(N(C)C)cc1)C(=C)S.CC. The van der Waals surface area contributed by atoms with E-state index >= 15 is 0 Å². The number of thiol groups is 1. The van der Waals surface area contributed by atoms with Crippen molar-refractivity contribution in [2.24, 2.45) is 10.2 Å². The van der Waals surface area contributed by atoms with Crippen LogP contribution in [-0.2, 0) is 0 Å². The predicted molar refractivity (Wildman–Crippen MR) is 93.0 cm³/mol. The second-order valence-electron chi connectivity index (χ2n) is 3.85. The summed E-state index contributed by atoms with van der Waals surface area (Å²) in [5.41, 5.74) is 2.50. The first-order valence-corrected chi connectivity index (χ1v) is 6.89. The standard InChI is InChI=1S/C14H17N3S.C2H6/c1-5-6-14(11(2)18)16-15-12-7-9-13(10-8-12)17(3)4;1-2/h5-10,18H,1-2H2,3-4H3;1-2H3/b14-6+,16-15?;. The Bertz CT molecular complexity index is 485. The fourth-order valence-electron chi connectivity index (χ4n) is 1.23. The van der Waals surface area contributed by atoms with Crippen molar-refractivity contribution in [2.45, 2.75) is 13.8 Å². The molecule has 0 atom stereocenters. The van der Waals surface area contributed by atoms with Gasteiger partial charge in [-0.25, -0.2) is 0 Å². The molecule has 0 aliphatic carbocycles. The minimum absolute atomic E-state index is 0.559. The molecule has 1 aromatic rings. The van der Waals surface area contributed by atoms with E-state index in [0.717, 1.165) is 11.4 Å². The third-order valence-corrected chi connectivity index (χ3v) is 2.44. The lowest BCUT2D eigenvalue weighted by molar-refractivity contribution is 1.12. The van der Waals surface area contributed by atoms with Gasteiger partial charge in [0, 0.05) is 24.7 Å². The number of anilines is 1. The Morgan fingerprint density at radius 2 is 1.75 bits per heavy atom. The number of azo groups is 1. The maximum Gasteiger partial charge on any atom is 0.0983 e. The topological polar surface area (TPSA) is 28.0 Å². The summed E-state index contributed by atoms with van der Waals surface area (Å²) in [6, 6.07) is 7.79. The highest BCUT2D eigenvalue weighted by molar-refractivity contribution is 7.84. The Morgan fingerprint density at radius 3 is 2.15 bits per heavy atom. The molecule has 0 N–H and O–H groups in total. The summed E-state index contributed by atoms with van der Waals surface area (Å²) in [6.07, 6.45) is 3.35. The molecule has 0 saturated carbocycles.